The van der Waals surface area contributed by atoms with Gasteiger partial charge in [0, 0.05) is 25.1 Å². The highest BCUT2D eigenvalue weighted by Crippen LogP contribution is 2.37. The summed E-state index contributed by atoms with van der Waals surface area (Å²) in [7, 11) is 0. The molecule has 2 aliphatic heterocycles. The van der Waals surface area contributed by atoms with Crippen LogP contribution in [0.5, 0.6) is 5.88 Å². The van der Waals surface area contributed by atoms with E-state index in [4.69, 9.17) is 14.2 Å². The zero-order chi connectivity index (χ0) is 20.3. The fourth-order valence-corrected chi connectivity index (χ4v) is 3.68. The van der Waals surface area contributed by atoms with Crippen LogP contribution in [-0.2, 0) is 27.3 Å². The minimum atomic E-state index is -0.357. The Morgan fingerprint density at radius 2 is 2.21 bits per heavy atom. The summed E-state index contributed by atoms with van der Waals surface area (Å²) < 4.78 is 17.1. The lowest BCUT2D eigenvalue weighted by Crippen LogP contribution is -2.35. The van der Waals surface area contributed by atoms with Gasteiger partial charge in [-0.15, -0.1) is 0 Å². The average molecular weight is 387 g/mol. The van der Waals surface area contributed by atoms with E-state index in [1.54, 1.807) is 0 Å². The van der Waals surface area contributed by atoms with Crippen molar-refractivity contribution in [3.05, 3.63) is 22.4 Å². The van der Waals surface area contributed by atoms with Crippen molar-refractivity contribution in [2.75, 3.05) is 19.8 Å². The quantitative estimate of drug-likeness (QED) is 0.806. The van der Waals surface area contributed by atoms with Crippen LogP contribution in [0.2, 0.25) is 0 Å². The van der Waals surface area contributed by atoms with Crippen LogP contribution < -0.4 is 10.1 Å². The van der Waals surface area contributed by atoms with E-state index in [0.717, 1.165) is 36.3 Å². The molecule has 1 aromatic heterocycles. The summed E-state index contributed by atoms with van der Waals surface area (Å²) in [5.74, 6) is 0.144. The fraction of sp³-hybridized carbons (Fsp3) is 0.667. The molecule has 7 nitrogen and oxygen atoms in total. The molecule has 0 bridgehead atoms. The lowest BCUT2D eigenvalue weighted by molar-refractivity contribution is -0.123. The maximum Gasteiger partial charge on any atom is 0.258 e. The van der Waals surface area contributed by atoms with Crippen molar-refractivity contribution in [2.24, 2.45) is 0 Å². The van der Waals surface area contributed by atoms with Crippen LogP contribution in [0.15, 0.2) is 0 Å². The van der Waals surface area contributed by atoms with Gasteiger partial charge in [0.05, 0.1) is 24.0 Å². The van der Waals surface area contributed by atoms with E-state index in [9.17, 15) is 10.1 Å². The Morgan fingerprint density at radius 1 is 1.43 bits per heavy atom. The third-order valence-corrected chi connectivity index (χ3v) is 5.17. The molecule has 1 N–H and O–H groups in total. The number of carbonyl (C=O) groups excluding carboxylic acids is 1. The van der Waals surface area contributed by atoms with Crippen LogP contribution in [0.1, 0.15) is 68.8 Å². The van der Waals surface area contributed by atoms with Crippen LogP contribution in [0.4, 0.5) is 0 Å². The number of hydrogen-bond donors (Lipinski definition) is 1. The monoisotopic (exact) mass is 387 g/mol. The first-order valence-electron chi connectivity index (χ1n) is 9.91. The van der Waals surface area contributed by atoms with E-state index >= 15 is 0 Å². The Hall–Kier alpha value is -2.17. The zero-order valence-electron chi connectivity index (χ0n) is 17.1. The first-order chi connectivity index (χ1) is 13.3. The molecule has 152 valence electrons. The van der Waals surface area contributed by atoms with Gasteiger partial charge >= 0.3 is 0 Å². The molecule has 0 aliphatic carbocycles. The molecular formula is C21H29N3O4. The Morgan fingerprint density at radius 3 is 2.86 bits per heavy atom. The molecule has 0 spiro atoms. The summed E-state index contributed by atoms with van der Waals surface area (Å²) in [6, 6.07) is 2.23. The third-order valence-electron chi connectivity index (χ3n) is 5.17. The van der Waals surface area contributed by atoms with Crippen molar-refractivity contribution >= 4 is 5.91 Å². The van der Waals surface area contributed by atoms with Crippen LogP contribution in [-0.4, -0.2) is 42.4 Å². The molecule has 1 saturated heterocycles. The molecule has 1 unspecified atom stereocenters. The van der Waals surface area contributed by atoms with Crippen LogP contribution >= 0.6 is 0 Å². The number of amides is 1. The van der Waals surface area contributed by atoms with Gasteiger partial charge in [-0.05, 0) is 38.2 Å². The highest BCUT2D eigenvalue weighted by Gasteiger charge is 2.33. The third kappa shape index (κ3) is 4.62. The number of ether oxygens (including phenoxy) is 3. The van der Waals surface area contributed by atoms with Gasteiger partial charge in [-0.25, -0.2) is 4.98 Å². The van der Waals surface area contributed by atoms with Gasteiger partial charge in [0.15, 0.2) is 6.61 Å². The van der Waals surface area contributed by atoms with E-state index < -0.39 is 0 Å². The molecule has 28 heavy (non-hydrogen) atoms. The van der Waals surface area contributed by atoms with E-state index in [2.05, 4.69) is 16.4 Å². The minimum Gasteiger partial charge on any atom is -0.467 e. The second kappa shape index (κ2) is 8.46. The van der Waals surface area contributed by atoms with Gasteiger partial charge in [0.25, 0.3) is 5.91 Å². The average Bonchev–Trinajstić information content (AvgIpc) is 3.16. The molecule has 1 amide bonds. The molecule has 1 atom stereocenters. The zero-order valence-corrected chi connectivity index (χ0v) is 17.1. The Labute approximate surface area is 166 Å². The first-order valence-corrected chi connectivity index (χ1v) is 9.91. The van der Waals surface area contributed by atoms with Crippen molar-refractivity contribution in [3.8, 4) is 11.9 Å². The van der Waals surface area contributed by atoms with Crippen molar-refractivity contribution in [1.82, 2.24) is 10.3 Å². The number of pyridine rings is 1. The lowest BCUT2D eigenvalue weighted by atomic mass is 9.86. The molecule has 2 aliphatic rings. The van der Waals surface area contributed by atoms with Crippen LogP contribution in [0.3, 0.4) is 0 Å². The number of nitrogens with one attached hydrogen (secondary N) is 1. The maximum atomic E-state index is 12.2. The first kappa shape index (κ1) is 20.6. The van der Waals surface area contributed by atoms with Gasteiger partial charge < -0.3 is 19.5 Å². The normalized spacial score (nSPS) is 20.5. The van der Waals surface area contributed by atoms with E-state index in [-0.39, 0.29) is 36.0 Å². The Kier molecular flexibility index (Phi) is 6.21. The number of hydrogen-bond acceptors (Lipinski definition) is 6. The largest absolute Gasteiger partial charge is 0.467 e. The molecular weight excluding hydrogens is 358 g/mol. The van der Waals surface area contributed by atoms with Crippen molar-refractivity contribution in [2.45, 2.75) is 71.2 Å². The van der Waals surface area contributed by atoms with Crippen molar-refractivity contribution in [1.29, 1.82) is 5.26 Å². The molecule has 1 fully saturated rings. The standard InChI is InChI=1S/C21H29N3O4/c1-13(2)19-17-11-28-21(3,4)8-15(17)16(9-22)20(24-19)27-12-18(25)23-10-14-6-5-7-26-14/h13-14H,5-8,10-12H2,1-4H3,(H,23,25). The van der Waals surface area contributed by atoms with Crippen molar-refractivity contribution in [3.63, 3.8) is 0 Å². The number of aromatic nitrogens is 1. The number of nitriles is 1. The second-order valence-corrected chi connectivity index (χ2v) is 8.35. The summed E-state index contributed by atoms with van der Waals surface area (Å²) in [5.41, 5.74) is 2.81. The highest BCUT2D eigenvalue weighted by molar-refractivity contribution is 5.77. The predicted octanol–water partition coefficient (Wildman–Crippen LogP) is 2.60. The van der Waals surface area contributed by atoms with Gasteiger partial charge in [0.1, 0.15) is 11.6 Å². The molecule has 0 radical (unpaired) electrons. The van der Waals surface area contributed by atoms with Crippen LogP contribution in [0, 0.1) is 11.3 Å². The minimum absolute atomic E-state index is 0.0789. The van der Waals surface area contributed by atoms with Gasteiger partial charge in [-0.3, -0.25) is 4.79 Å². The molecule has 1 aromatic rings. The van der Waals surface area contributed by atoms with E-state index in [1.165, 1.54) is 0 Å². The fourth-order valence-electron chi connectivity index (χ4n) is 3.68. The summed E-state index contributed by atoms with van der Waals surface area (Å²) in [5, 5.41) is 12.6. The molecule has 0 aromatic carbocycles. The molecule has 7 heteroatoms. The SMILES string of the molecule is CC(C)c1nc(OCC(=O)NCC2CCCO2)c(C#N)c2c1COC(C)(C)C2. The van der Waals surface area contributed by atoms with Gasteiger partial charge in [-0.1, -0.05) is 13.8 Å². The molecule has 0 saturated carbocycles. The smallest absolute Gasteiger partial charge is 0.258 e. The molecule has 3 rings (SSSR count). The van der Waals surface area contributed by atoms with E-state index in [1.807, 2.05) is 27.7 Å². The summed E-state index contributed by atoms with van der Waals surface area (Å²) in [6.45, 7) is 9.59. The Balaban J connectivity index is 1.77. The summed E-state index contributed by atoms with van der Waals surface area (Å²) in [4.78, 5) is 16.7. The molecule has 3 heterocycles. The Bertz CT molecular complexity index is 777. The van der Waals surface area contributed by atoms with Crippen LogP contribution in [0.25, 0.3) is 0 Å². The topological polar surface area (TPSA) is 93.5 Å². The second-order valence-electron chi connectivity index (χ2n) is 8.35. The van der Waals surface area contributed by atoms with Gasteiger partial charge in [0.2, 0.25) is 5.88 Å². The number of fused-ring (bicyclic) bond motifs is 1. The highest BCUT2D eigenvalue weighted by atomic mass is 16.5. The number of nitrogens with zero attached hydrogens (tertiary/aromatic N) is 2. The lowest BCUT2D eigenvalue weighted by Gasteiger charge is -2.34. The maximum absolute atomic E-state index is 12.2. The number of rotatable bonds is 6. The van der Waals surface area contributed by atoms with Crippen molar-refractivity contribution < 1.29 is 19.0 Å². The predicted molar refractivity (Wildman–Crippen MR) is 103 cm³/mol. The number of carbonyl (C=O) groups is 1. The summed E-state index contributed by atoms with van der Waals surface area (Å²) in [6.07, 6.45) is 2.67. The van der Waals surface area contributed by atoms with Gasteiger partial charge in [-0.2, -0.15) is 5.26 Å². The van der Waals surface area contributed by atoms with E-state index in [0.29, 0.717) is 25.1 Å². The summed E-state index contributed by atoms with van der Waals surface area (Å²) >= 11 is 0.